The van der Waals surface area contributed by atoms with Crippen molar-refractivity contribution in [1.82, 2.24) is 0 Å². The molecule has 128 valence electrons. The molecule has 0 aliphatic carbocycles. The number of Topliss-reactive ketones (excluding diaryl/α,β-unsaturated/α-hetero) is 1. The summed E-state index contributed by atoms with van der Waals surface area (Å²) in [7, 11) is -5.84. The minimum atomic E-state index is -5.84. The number of carbonyl (C=O) groups excluding carboxylic acids is 1. The quantitative estimate of drug-likeness (QED) is 0.314. The lowest BCUT2D eigenvalue weighted by Gasteiger charge is -2.23. The van der Waals surface area contributed by atoms with Crippen LogP contribution in [-0.4, -0.2) is 29.0 Å². The smallest absolute Gasteiger partial charge is 0.298 e. The molecule has 0 rings (SSSR count). The molecule has 21 heavy (non-hydrogen) atoms. The molecule has 0 radical (unpaired) electrons. The van der Waals surface area contributed by atoms with E-state index in [1.807, 2.05) is 13.8 Å². The van der Waals surface area contributed by atoms with E-state index in [1.54, 1.807) is 0 Å². The molecular weight excluding hydrogens is 329 g/mol. The Morgan fingerprint density at radius 1 is 1.10 bits per heavy atom. The zero-order chi connectivity index (χ0) is 17.3. The summed E-state index contributed by atoms with van der Waals surface area (Å²) in [5.74, 6) is 0.328. The number of unbranched alkanes of at least 4 members (excludes halogenated alkanes) is 2. The Balaban J connectivity index is 0. The molecule has 0 bridgehead atoms. The lowest BCUT2D eigenvalue weighted by atomic mass is 9.93. The highest BCUT2D eigenvalue weighted by Crippen LogP contribution is 2.26. The topological polar surface area (TPSA) is 71.4 Å². The van der Waals surface area contributed by atoms with Gasteiger partial charge in [0.2, 0.25) is 0 Å². The van der Waals surface area contributed by atoms with Crippen molar-refractivity contribution in [2.75, 3.05) is 0 Å². The predicted octanol–water partition coefficient (Wildman–Crippen LogP) is 4.02. The third kappa shape index (κ3) is 9.36. The molecule has 0 aliphatic heterocycles. The van der Waals surface area contributed by atoms with Gasteiger partial charge < -0.3 is 0 Å². The molecule has 0 saturated carbocycles. The number of thiol groups is 1. The normalized spacial score (nSPS) is 12.6. The largest absolute Gasteiger partial charge is 0.522 e. The average Bonchev–Trinajstić information content (AvgIpc) is 2.36. The molecule has 0 unspecified atom stereocenters. The first kappa shape index (κ1) is 23.0. The third-order valence-corrected chi connectivity index (χ3v) is 4.46. The fraction of sp³-hybridized carbons (Fsp3) is 0.917. The van der Waals surface area contributed by atoms with Crippen molar-refractivity contribution in [2.45, 2.75) is 69.6 Å². The molecule has 4 nitrogen and oxygen atoms in total. The van der Waals surface area contributed by atoms with Crippen LogP contribution in [0.15, 0.2) is 0 Å². The van der Waals surface area contributed by atoms with Crippen LogP contribution < -0.4 is 0 Å². The highest BCUT2D eigenvalue weighted by atomic mass is 32.2. The first-order valence-corrected chi connectivity index (χ1v) is 8.53. The maximum atomic E-state index is 11.7. The molecule has 0 atom stereocenters. The fourth-order valence-corrected chi connectivity index (χ4v) is 1.52. The van der Waals surface area contributed by atoms with Crippen LogP contribution in [0.2, 0.25) is 0 Å². The van der Waals surface area contributed by atoms with Crippen LogP contribution in [0, 0.1) is 0 Å². The van der Waals surface area contributed by atoms with E-state index in [-0.39, 0.29) is 4.75 Å². The minimum absolute atomic E-state index is 0.328. The molecule has 0 saturated heterocycles. The fourth-order valence-electron chi connectivity index (χ4n) is 1.41. The van der Waals surface area contributed by atoms with Gasteiger partial charge in [0.15, 0.2) is 0 Å². The second kappa shape index (κ2) is 9.68. The van der Waals surface area contributed by atoms with Crippen molar-refractivity contribution in [3.63, 3.8) is 0 Å². The Hall–Kier alpha value is -0.280. The molecule has 1 N–H and O–H groups in total. The Kier molecular flexibility index (Phi) is 10.6. The second-order valence-electron chi connectivity index (χ2n) is 4.54. The van der Waals surface area contributed by atoms with Crippen molar-refractivity contribution >= 4 is 28.5 Å². The van der Waals surface area contributed by atoms with E-state index >= 15 is 0 Å². The molecule has 9 heteroatoms. The van der Waals surface area contributed by atoms with Crippen molar-refractivity contribution < 1.29 is 30.9 Å². The number of hydrogen-bond donors (Lipinski definition) is 2. The zero-order valence-corrected chi connectivity index (χ0v) is 14.1. The van der Waals surface area contributed by atoms with E-state index in [0.717, 1.165) is 25.7 Å². The number of alkyl halides is 3. The predicted molar refractivity (Wildman–Crippen MR) is 79.1 cm³/mol. The maximum Gasteiger partial charge on any atom is 0.522 e. The van der Waals surface area contributed by atoms with Gasteiger partial charge in [-0.25, -0.2) is 0 Å². The summed E-state index contributed by atoms with van der Waals surface area (Å²) in [6.07, 6.45) is 5.75. The summed E-state index contributed by atoms with van der Waals surface area (Å²) in [6, 6.07) is 0. The van der Waals surface area contributed by atoms with Gasteiger partial charge in [0.1, 0.15) is 5.78 Å². The van der Waals surface area contributed by atoms with Gasteiger partial charge in [0, 0.05) is 6.42 Å². The van der Waals surface area contributed by atoms with Crippen LogP contribution in [0.5, 0.6) is 0 Å². The number of rotatable bonds is 7. The molecule has 0 amide bonds. The Morgan fingerprint density at radius 3 is 1.71 bits per heavy atom. The Labute approximate surface area is 129 Å². The highest BCUT2D eigenvalue weighted by molar-refractivity contribution is 7.86. The van der Waals surface area contributed by atoms with Crippen LogP contribution in [-0.2, 0) is 14.9 Å². The minimum Gasteiger partial charge on any atom is -0.298 e. The molecule has 0 spiro atoms. The van der Waals surface area contributed by atoms with Crippen molar-refractivity contribution in [2.24, 2.45) is 0 Å². The second-order valence-corrected chi connectivity index (χ2v) is 6.81. The summed E-state index contributed by atoms with van der Waals surface area (Å²) in [4.78, 5) is 11.7. The third-order valence-electron chi connectivity index (χ3n) is 2.99. The highest BCUT2D eigenvalue weighted by Gasteiger charge is 2.44. The van der Waals surface area contributed by atoms with Gasteiger partial charge in [-0.15, -0.1) is 0 Å². The van der Waals surface area contributed by atoms with Gasteiger partial charge in [-0.3, -0.25) is 9.35 Å². The van der Waals surface area contributed by atoms with Crippen LogP contribution >= 0.6 is 12.6 Å². The lowest BCUT2D eigenvalue weighted by Crippen LogP contribution is -2.30. The van der Waals surface area contributed by atoms with Crippen LogP contribution in [0.1, 0.15) is 59.3 Å². The Morgan fingerprint density at radius 2 is 1.48 bits per heavy atom. The summed E-state index contributed by atoms with van der Waals surface area (Å²) in [5, 5.41) is 0. The van der Waals surface area contributed by atoms with E-state index in [1.165, 1.54) is 6.42 Å². The van der Waals surface area contributed by atoms with Crippen molar-refractivity contribution in [3.05, 3.63) is 0 Å². The van der Waals surface area contributed by atoms with Gasteiger partial charge in [-0.2, -0.15) is 34.2 Å². The van der Waals surface area contributed by atoms with E-state index in [2.05, 4.69) is 19.6 Å². The van der Waals surface area contributed by atoms with Crippen molar-refractivity contribution in [3.8, 4) is 0 Å². The van der Waals surface area contributed by atoms with Gasteiger partial charge in [0.25, 0.3) is 0 Å². The molecule has 0 aromatic carbocycles. The molecular formula is C12H23F3O4S2. The standard InChI is InChI=1S/C11H22OS.CHF3O3S/c1-4-7-8-9-10(12)11(13,5-2)6-3;2-1(3,4)8(5,6)7/h13H,4-9H2,1-3H3;(H,5,6,7). The van der Waals surface area contributed by atoms with Crippen molar-refractivity contribution in [1.29, 1.82) is 0 Å². The molecule has 0 heterocycles. The number of halogens is 3. The van der Waals surface area contributed by atoms with Gasteiger partial charge in [0.05, 0.1) is 4.75 Å². The van der Waals surface area contributed by atoms with Gasteiger partial charge in [-0.1, -0.05) is 33.6 Å². The summed E-state index contributed by atoms with van der Waals surface area (Å²) >= 11 is 4.47. The average molecular weight is 352 g/mol. The zero-order valence-electron chi connectivity index (χ0n) is 12.4. The SMILES string of the molecule is CCCCCC(=O)C(S)(CC)CC.O=S(=O)(O)C(F)(F)F. The lowest BCUT2D eigenvalue weighted by molar-refractivity contribution is -0.121. The van der Waals surface area contributed by atoms with E-state index < -0.39 is 15.6 Å². The van der Waals surface area contributed by atoms with Gasteiger partial charge >= 0.3 is 15.6 Å². The Bertz CT molecular complexity index is 401. The monoisotopic (exact) mass is 352 g/mol. The van der Waals surface area contributed by atoms with Crippen LogP contribution in [0.3, 0.4) is 0 Å². The first-order valence-electron chi connectivity index (χ1n) is 6.65. The van der Waals surface area contributed by atoms with Gasteiger partial charge in [-0.05, 0) is 19.3 Å². The number of carbonyl (C=O) groups is 1. The van der Waals surface area contributed by atoms with Crippen LogP contribution in [0.25, 0.3) is 0 Å². The van der Waals surface area contributed by atoms with Crippen LogP contribution in [0.4, 0.5) is 13.2 Å². The van der Waals surface area contributed by atoms with E-state index in [4.69, 9.17) is 13.0 Å². The molecule has 0 fully saturated rings. The number of hydrogen-bond acceptors (Lipinski definition) is 4. The summed E-state index contributed by atoms with van der Waals surface area (Å²) in [6.45, 7) is 6.22. The van der Waals surface area contributed by atoms with E-state index in [9.17, 15) is 18.0 Å². The van der Waals surface area contributed by atoms with E-state index in [0.29, 0.717) is 12.2 Å². The molecule has 0 aliphatic rings. The number of ketones is 1. The summed E-state index contributed by atoms with van der Waals surface area (Å²) in [5.41, 5.74) is -5.53. The summed E-state index contributed by atoms with van der Waals surface area (Å²) < 4.78 is 57.2. The molecule has 0 aromatic heterocycles. The first-order chi connectivity index (χ1) is 9.35. The molecule has 0 aromatic rings. The maximum absolute atomic E-state index is 11.7.